The molecule has 0 aromatic carbocycles. The Hall–Kier alpha value is -1.82. The van der Waals surface area contributed by atoms with Gasteiger partial charge in [-0.15, -0.1) is 0 Å². The van der Waals surface area contributed by atoms with E-state index in [9.17, 15) is 14.4 Å². The van der Waals surface area contributed by atoms with Crippen molar-refractivity contribution in [1.82, 2.24) is 9.88 Å². The highest BCUT2D eigenvalue weighted by atomic mass is 35.5. The van der Waals surface area contributed by atoms with E-state index in [2.05, 4.69) is 10.6 Å². The van der Waals surface area contributed by atoms with Gasteiger partial charge >= 0.3 is 11.8 Å². The molecule has 0 unspecified atom stereocenters. The number of halogens is 1. The van der Waals surface area contributed by atoms with E-state index in [1.54, 1.807) is 0 Å². The van der Waals surface area contributed by atoms with E-state index in [4.69, 9.17) is 11.6 Å². The molecule has 1 aliphatic carbocycles. The number of amides is 2. The molecule has 20 heavy (non-hydrogen) atoms. The van der Waals surface area contributed by atoms with Crippen molar-refractivity contribution in [2.75, 3.05) is 5.32 Å². The molecule has 108 valence electrons. The molecule has 1 aliphatic rings. The summed E-state index contributed by atoms with van der Waals surface area (Å²) in [5.41, 5.74) is -0.0521. The quantitative estimate of drug-likeness (QED) is 0.800. The molecule has 0 radical (unpaired) electrons. The highest BCUT2D eigenvalue weighted by molar-refractivity contribution is 6.39. The van der Waals surface area contributed by atoms with Crippen LogP contribution in [-0.4, -0.2) is 22.4 Å². The molecule has 1 heterocycles. The van der Waals surface area contributed by atoms with E-state index >= 15 is 0 Å². The molecule has 1 saturated carbocycles. The number of anilines is 1. The monoisotopic (exact) mass is 297 g/mol. The Morgan fingerprint density at radius 1 is 1.30 bits per heavy atom. The molecule has 7 heteroatoms. The van der Waals surface area contributed by atoms with Crippen LogP contribution in [0.3, 0.4) is 0 Å². The van der Waals surface area contributed by atoms with Gasteiger partial charge in [-0.2, -0.15) is 0 Å². The average Bonchev–Trinajstić information content (AvgIpc) is 2.88. The molecule has 0 aliphatic heterocycles. The Morgan fingerprint density at radius 2 is 1.95 bits per heavy atom. The van der Waals surface area contributed by atoms with Crippen LogP contribution in [0, 0.1) is 0 Å². The highest BCUT2D eigenvalue weighted by Crippen LogP contribution is 2.17. The summed E-state index contributed by atoms with van der Waals surface area (Å²) in [6.45, 7) is 0. The van der Waals surface area contributed by atoms with E-state index in [0.717, 1.165) is 25.7 Å². The van der Waals surface area contributed by atoms with Crippen molar-refractivity contribution in [2.45, 2.75) is 31.7 Å². The van der Waals surface area contributed by atoms with E-state index < -0.39 is 11.8 Å². The predicted octanol–water partition coefficient (Wildman–Crippen LogP) is 1.04. The topological polar surface area (TPSA) is 80.2 Å². The first-order valence-electron chi connectivity index (χ1n) is 6.45. The zero-order valence-electron chi connectivity index (χ0n) is 11.1. The lowest BCUT2D eigenvalue weighted by Gasteiger charge is -2.12. The second-order valence-corrected chi connectivity index (χ2v) is 5.31. The van der Waals surface area contributed by atoms with Crippen LogP contribution in [0.4, 0.5) is 5.69 Å². The number of hydrogen-bond acceptors (Lipinski definition) is 3. The van der Waals surface area contributed by atoms with Crippen LogP contribution < -0.4 is 16.2 Å². The number of pyridine rings is 1. The van der Waals surface area contributed by atoms with E-state index in [0.29, 0.717) is 5.69 Å². The zero-order valence-corrected chi connectivity index (χ0v) is 11.9. The number of carbonyl (C=O) groups excluding carboxylic acids is 2. The number of nitrogens with one attached hydrogen (secondary N) is 2. The fraction of sp³-hybridized carbons (Fsp3) is 0.462. The van der Waals surface area contributed by atoms with Gasteiger partial charge in [0.2, 0.25) is 0 Å². The summed E-state index contributed by atoms with van der Waals surface area (Å²) in [4.78, 5) is 34.9. The lowest BCUT2D eigenvalue weighted by molar-refractivity contribution is -0.136. The summed E-state index contributed by atoms with van der Waals surface area (Å²) in [5, 5.41) is 5.10. The molecule has 0 spiro atoms. The van der Waals surface area contributed by atoms with Crippen molar-refractivity contribution >= 4 is 29.1 Å². The van der Waals surface area contributed by atoms with Crippen molar-refractivity contribution in [2.24, 2.45) is 7.05 Å². The minimum absolute atomic E-state index is 0.0125. The van der Waals surface area contributed by atoms with Crippen molar-refractivity contribution in [3.05, 3.63) is 27.6 Å². The van der Waals surface area contributed by atoms with Gasteiger partial charge in [-0.1, -0.05) is 24.4 Å². The van der Waals surface area contributed by atoms with Crippen LogP contribution >= 0.6 is 11.6 Å². The Labute approximate surface area is 121 Å². The first-order valence-corrected chi connectivity index (χ1v) is 6.83. The molecule has 1 aromatic heterocycles. The minimum atomic E-state index is -0.758. The van der Waals surface area contributed by atoms with E-state index in [1.807, 2.05) is 0 Å². The highest BCUT2D eigenvalue weighted by Gasteiger charge is 2.21. The molecule has 2 amide bonds. The lowest BCUT2D eigenvalue weighted by Crippen LogP contribution is -2.40. The fourth-order valence-corrected chi connectivity index (χ4v) is 2.50. The fourth-order valence-electron chi connectivity index (χ4n) is 2.25. The second kappa shape index (κ2) is 6.09. The smallest absolute Gasteiger partial charge is 0.313 e. The number of carbonyl (C=O) groups is 2. The Bertz CT molecular complexity index is 565. The summed E-state index contributed by atoms with van der Waals surface area (Å²) in [7, 11) is 1.52. The van der Waals surface area contributed by atoms with Crippen molar-refractivity contribution in [3.8, 4) is 0 Å². The second-order valence-electron chi connectivity index (χ2n) is 4.90. The Morgan fingerprint density at radius 3 is 2.55 bits per heavy atom. The Balaban J connectivity index is 2.00. The van der Waals surface area contributed by atoms with E-state index in [1.165, 1.54) is 23.9 Å². The molecule has 2 N–H and O–H groups in total. The molecule has 0 atom stereocenters. The van der Waals surface area contributed by atoms with Crippen LogP contribution in [0.25, 0.3) is 0 Å². The SMILES string of the molecule is Cn1cc(NC(=O)C(=O)NC2CCCC2)cc(Cl)c1=O. The molecular weight excluding hydrogens is 282 g/mol. The number of hydrogen-bond donors (Lipinski definition) is 2. The standard InChI is InChI=1S/C13H16ClN3O3/c1-17-7-9(6-10(14)13(17)20)16-12(19)11(18)15-8-4-2-3-5-8/h6-8H,2-5H2,1H3,(H,15,18)(H,16,19). The Kier molecular flexibility index (Phi) is 4.44. The molecular formula is C13H16ClN3O3. The largest absolute Gasteiger partial charge is 0.345 e. The third-order valence-electron chi connectivity index (χ3n) is 3.29. The third-order valence-corrected chi connectivity index (χ3v) is 3.56. The van der Waals surface area contributed by atoms with Gasteiger partial charge in [0.1, 0.15) is 5.02 Å². The molecule has 0 bridgehead atoms. The van der Waals surface area contributed by atoms with Gasteiger partial charge < -0.3 is 15.2 Å². The van der Waals surface area contributed by atoms with Crippen molar-refractivity contribution < 1.29 is 9.59 Å². The van der Waals surface area contributed by atoms with Gasteiger partial charge in [-0.3, -0.25) is 14.4 Å². The van der Waals surface area contributed by atoms with Crippen LogP contribution in [0.15, 0.2) is 17.1 Å². The first-order chi connectivity index (χ1) is 9.47. The number of nitrogens with zero attached hydrogens (tertiary/aromatic N) is 1. The van der Waals surface area contributed by atoms with Crippen LogP contribution in [0.1, 0.15) is 25.7 Å². The summed E-state index contributed by atoms with van der Waals surface area (Å²) in [6.07, 6.45) is 5.37. The maximum Gasteiger partial charge on any atom is 0.313 e. The third kappa shape index (κ3) is 3.39. The summed E-state index contributed by atoms with van der Waals surface area (Å²) < 4.78 is 1.24. The van der Waals surface area contributed by atoms with Crippen molar-refractivity contribution in [1.29, 1.82) is 0 Å². The van der Waals surface area contributed by atoms with Crippen LogP contribution in [-0.2, 0) is 16.6 Å². The predicted molar refractivity (Wildman–Crippen MR) is 75.7 cm³/mol. The molecule has 0 saturated heterocycles. The van der Waals surface area contributed by atoms with E-state index in [-0.39, 0.29) is 16.6 Å². The van der Waals surface area contributed by atoms with Gasteiger partial charge in [0.25, 0.3) is 5.56 Å². The van der Waals surface area contributed by atoms with Crippen LogP contribution in [0.2, 0.25) is 5.02 Å². The van der Waals surface area contributed by atoms with Gasteiger partial charge in [-0.25, -0.2) is 0 Å². The number of aryl methyl sites for hydroxylation is 1. The van der Waals surface area contributed by atoms with Crippen molar-refractivity contribution in [3.63, 3.8) is 0 Å². The minimum Gasteiger partial charge on any atom is -0.345 e. The molecule has 1 fully saturated rings. The zero-order chi connectivity index (χ0) is 14.7. The molecule has 1 aromatic rings. The maximum absolute atomic E-state index is 11.8. The number of rotatable bonds is 2. The summed E-state index contributed by atoms with van der Waals surface area (Å²) >= 11 is 5.73. The average molecular weight is 298 g/mol. The summed E-state index contributed by atoms with van der Waals surface area (Å²) in [6, 6.07) is 1.40. The molecule has 2 rings (SSSR count). The first kappa shape index (κ1) is 14.6. The molecule has 6 nitrogen and oxygen atoms in total. The van der Waals surface area contributed by atoms with Crippen LogP contribution in [0.5, 0.6) is 0 Å². The summed E-state index contributed by atoms with van der Waals surface area (Å²) in [5.74, 6) is -1.42. The lowest BCUT2D eigenvalue weighted by atomic mass is 10.2. The maximum atomic E-state index is 11.8. The van der Waals surface area contributed by atoms with Gasteiger partial charge in [0.15, 0.2) is 0 Å². The normalized spacial score (nSPS) is 15.1. The number of aromatic nitrogens is 1. The van der Waals surface area contributed by atoms with Gasteiger partial charge in [0, 0.05) is 19.3 Å². The van der Waals surface area contributed by atoms with Gasteiger partial charge in [0.05, 0.1) is 5.69 Å². The van der Waals surface area contributed by atoms with Gasteiger partial charge in [-0.05, 0) is 18.9 Å².